The first kappa shape index (κ1) is 32.1. The van der Waals surface area contributed by atoms with Crippen molar-refractivity contribution in [2.75, 3.05) is 39.6 Å². The summed E-state index contributed by atoms with van der Waals surface area (Å²) in [5.41, 5.74) is 4.26. The zero-order valence-corrected chi connectivity index (χ0v) is 24.0. The van der Waals surface area contributed by atoms with Crippen LogP contribution >= 0.6 is 0 Å². The zero-order valence-electron chi connectivity index (χ0n) is 24.0. The summed E-state index contributed by atoms with van der Waals surface area (Å²) in [6, 6.07) is 9.16. The topological polar surface area (TPSA) is 112 Å². The van der Waals surface area contributed by atoms with Crippen molar-refractivity contribution in [3.8, 4) is 11.5 Å². The Hall–Kier alpha value is -3.10. The molecule has 8 heteroatoms. The second-order valence-electron chi connectivity index (χ2n) is 10.7. The Morgan fingerprint density at radius 2 is 1.26 bits per heavy atom. The van der Waals surface area contributed by atoms with Gasteiger partial charge in [0.2, 0.25) is 0 Å². The fraction of sp³-hybridized carbons (Fsp3) is 0.548. The number of carbonyl (C=O) groups is 2. The maximum atomic E-state index is 12.1. The molecule has 2 aromatic carbocycles. The molecule has 0 unspecified atom stereocenters. The molecule has 0 atom stereocenters. The number of esters is 2. The van der Waals surface area contributed by atoms with Gasteiger partial charge in [-0.2, -0.15) is 0 Å². The fourth-order valence-electron chi connectivity index (χ4n) is 3.98. The van der Waals surface area contributed by atoms with E-state index >= 15 is 0 Å². The Kier molecular flexibility index (Phi) is 13.3. The molecule has 2 N–H and O–H groups in total. The Bertz CT molecular complexity index is 1070. The lowest BCUT2D eigenvalue weighted by Crippen LogP contribution is -2.14. The first-order valence-electron chi connectivity index (χ1n) is 13.6. The molecule has 0 saturated carbocycles. The highest BCUT2D eigenvalue weighted by atomic mass is 16.6. The van der Waals surface area contributed by atoms with Crippen LogP contribution in [0.2, 0.25) is 0 Å². The molecule has 0 aromatic heterocycles. The molecule has 0 saturated heterocycles. The first-order valence-corrected chi connectivity index (χ1v) is 13.6. The van der Waals surface area contributed by atoms with Crippen LogP contribution in [-0.2, 0) is 46.8 Å². The van der Waals surface area contributed by atoms with Gasteiger partial charge in [-0.25, -0.2) is 0 Å². The maximum Gasteiger partial charge on any atom is 0.306 e. The number of hydrogen-bond donors (Lipinski definition) is 2. The van der Waals surface area contributed by atoms with Crippen LogP contribution in [0.4, 0.5) is 0 Å². The molecular formula is C31H44O8. The van der Waals surface area contributed by atoms with Crippen molar-refractivity contribution in [3.63, 3.8) is 0 Å². The Morgan fingerprint density at radius 1 is 0.718 bits per heavy atom. The third kappa shape index (κ3) is 12.1. The van der Waals surface area contributed by atoms with Crippen molar-refractivity contribution in [3.05, 3.63) is 58.1 Å². The summed E-state index contributed by atoms with van der Waals surface area (Å²) in [6.07, 6.45) is 2.33. The molecule has 0 amide bonds. The van der Waals surface area contributed by atoms with Crippen molar-refractivity contribution < 1.29 is 38.7 Å². The van der Waals surface area contributed by atoms with Crippen molar-refractivity contribution in [2.24, 2.45) is 0 Å². The summed E-state index contributed by atoms with van der Waals surface area (Å²) in [5, 5.41) is 19.9. The molecule has 0 radical (unpaired) electrons. The summed E-state index contributed by atoms with van der Waals surface area (Å²) in [5.74, 6) is -0.00363. The number of hydrogen-bond acceptors (Lipinski definition) is 8. The molecule has 39 heavy (non-hydrogen) atoms. The van der Waals surface area contributed by atoms with Gasteiger partial charge in [-0.1, -0.05) is 45.0 Å². The van der Waals surface area contributed by atoms with E-state index in [-0.39, 0.29) is 49.2 Å². The van der Waals surface area contributed by atoms with Crippen LogP contribution in [0.15, 0.2) is 30.3 Å². The van der Waals surface area contributed by atoms with Gasteiger partial charge in [-0.3, -0.25) is 9.59 Å². The van der Waals surface area contributed by atoms with Gasteiger partial charge in [0.15, 0.2) is 0 Å². The highest BCUT2D eigenvalue weighted by Gasteiger charge is 2.20. The van der Waals surface area contributed by atoms with Gasteiger partial charge >= 0.3 is 11.9 Å². The van der Waals surface area contributed by atoms with E-state index in [0.29, 0.717) is 51.4 Å². The third-order valence-electron chi connectivity index (χ3n) is 6.22. The summed E-state index contributed by atoms with van der Waals surface area (Å²) >= 11 is 0. The standard InChI is InChI=1S/C31H44O8/c1-22-19-24(7-10-27(22)32)8-11-28(33)38-17-15-36-13-6-14-37-16-18-39-29(34)12-9-25-20-23(2)30(35)26(21-25)31(3,4)5/h7,10,19-21,32,35H,6,8-9,11-18H2,1-5H3. The predicted molar refractivity (Wildman–Crippen MR) is 149 cm³/mol. The minimum Gasteiger partial charge on any atom is -0.508 e. The van der Waals surface area contributed by atoms with E-state index in [0.717, 1.165) is 27.8 Å². The van der Waals surface area contributed by atoms with E-state index in [1.807, 2.05) is 52.8 Å². The highest BCUT2D eigenvalue weighted by molar-refractivity contribution is 5.70. The molecule has 0 fully saturated rings. The summed E-state index contributed by atoms with van der Waals surface area (Å²) in [7, 11) is 0. The second-order valence-corrected chi connectivity index (χ2v) is 10.7. The van der Waals surface area contributed by atoms with E-state index in [1.54, 1.807) is 12.1 Å². The van der Waals surface area contributed by atoms with E-state index < -0.39 is 0 Å². The lowest BCUT2D eigenvalue weighted by Gasteiger charge is -2.22. The number of carbonyl (C=O) groups excluding carboxylic acids is 2. The summed E-state index contributed by atoms with van der Waals surface area (Å²) in [4.78, 5) is 23.9. The zero-order chi connectivity index (χ0) is 28.8. The van der Waals surface area contributed by atoms with Crippen LogP contribution in [-0.4, -0.2) is 61.8 Å². The smallest absolute Gasteiger partial charge is 0.306 e. The van der Waals surface area contributed by atoms with E-state index in [1.165, 1.54) is 0 Å². The van der Waals surface area contributed by atoms with Gasteiger partial charge in [-0.15, -0.1) is 0 Å². The normalized spacial score (nSPS) is 11.4. The molecular weight excluding hydrogens is 500 g/mol. The van der Waals surface area contributed by atoms with Crippen LogP contribution in [0.1, 0.15) is 67.9 Å². The number of rotatable bonds is 16. The number of benzene rings is 2. The molecule has 8 nitrogen and oxygen atoms in total. The molecule has 0 bridgehead atoms. The number of phenols is 2. The molecule has 0 aliphatic rings. The van der Waals surface area contributed by atoms with Crippen molar-refractivity contribution >= 4 is 11.9 Å². The average molecular weight is 545 g/mol. The van der Waals surface area contributed by atoms with Crippen molar-refractivity contribution in [1.29, 1.82) is 0 Å². The largest absolute Gasteiger partial charge is 0.508 e. The van der Waals surface area contributed by atoms with Gasteiger partial charge in [0.05, 0.1) is 13.2 Å². The fourth-order valence-corrected chi connectivity index (χ4v) is 3.98. The van der Waals surface area contributed by atoms with Gasteiger partial charge < -0.3 is 29.2 Å². The molecule has 0 aliphatic heterocycles. The van der Waals surface area contributed by atoms with Crippen LogP contribution < -0.4 is 0 Å². The number of aryl methyl sites for hydroxylation is 4. The minimum atomic E-state index is -0.282. The van der Waals surface area contributed by atoms with Crippen molar-refractivity contribution in [2.45, 2.75) is 72.1 Å². The monoisotopic (exact) mass is 544 g/mol. The maximum absolute atomic E-state index is 12.1. The van der Waals surface area contributed by atoms with Gasteiger partial charge in [0.1, 0.15) is 24.7 Å². The summed E-state index contributed by atoms with van der Waals surface area (Å²) in [6.45, 7) is 11.8. The van der Waals surface area contributed by atoms with Crippen LogP contribution in [0, 0.1) is 13.8 Å². The van der Waals surface area contributed by atoms with Gasteiger partial charge in [0.25, 0.3) is 0 Å². The predicted octanol–water partition coefficient (Wildman–Crippen LogP) is 5.09. The van der Waals surface area contributed by atoms with Crippen LogP contribution in [0.5, 0.6) is 11.5 Å². The van der Waals surface area contributed by atoms with Crippen molar-refractivity contribution in [1.82, 2.24) is 0 Å². The molecule has 0 heterocycles. The number of aromatic hydroxyl groups is 2. The lowest BCUT2D eigenvalue weighted by molar-refractivity contribution is -0.145. The third-order valence-corrected chi connectivity index (χ3v) is 6.22. The molecule has 216 valence electrons. The highest BCUT2D eigenvalue weighted by Crippen LogP contribution is 2.34. The number of phenolic OH excluding ortho intramolecular Hbond substituents is 2. The van der Waals surface area contributed by atoms with Crippen LogP contribution in [0.3, 0.4) is 0 Å². The van der Waals surface area contributed by atoms with Gasteiger partial charge in [-0.05, 0) is 72.4 Å². The van der Waals surface area contributed by atoms with Gasteiger partial charge in [0, 0.05) is 26.1 Å². The Labute approximate surface area is 232 Å². The Balaban J connectivity index is 1.45. The number of ether oxygens (including phenoxy) is 4. The minimum absolute atomic E-state index is 0.184. The summed E-state index contributed by atoms with van der Waals surface area (Å²) < 4.78 is 21.4. The second kappa shape index (κ2) is 16.1. The Morgan fingerprint density at radius 3 is 1.79 bits per heavy atom. The van der Waals surface area contributed by atoms with E-state index in [9.17, 15) is 19.8 Å². The molecule has 2 aromatic rings. The van der Waals surface area contributed by atoms with E-state index in [2.05, 4.69) is 0 Å². The quantitative estimate of drug-likeness (QED) is 0.222. The average Bonchev–Trinajstić information content (AvgIpc) is 2.87. The van der Waals surface area contributed by atoms with E-state index in [4.69, 9.17) is 18.9 Å². The molecule has 0 aliphatic carbocycles. The lowest BCUT2D eigenvalue weighted by atomic mass is 9.83. The molecule has 2 rings (SSSR count). The van der Waals surface area contributed by atoms with Crippen LogP contribution in [0.25, 0.3) is 0 Å². The first-order chi connectivity index (χ1) is 18.5. The SMILES string of the molecule is Cc1cc(CCC(=O)OCCOCCCOCCOC(=O)CCc2cc(C)c(O)c(C(C)(C)C)c2)ccc1O. The molecule has 0 spiro atoms.